The van der Waals surface area contributed by atoms with Gasteiger partial charge in [-0.05, 0) is 54.8 Å². The minimum absolute atomic E-state index is 0.178. The van der Waals surface area contributed by atoms with E-state index in [2.05, 4.69) is 18.9 Å². The highest BCUT2D eigenvalue weighted by Crippen LogP contribution is 2.27. The zero-order valence-electron chi connectivity index (χ0n) is 16.3. The van der Waals surface area contributed by atoms with Crippen LogP contribution < -0.4 is 10.4 Å². The second kappa shape index (κ2) is 7.33. The summed E-state index contributed by atoms with van der Waals surface area (Å²) in [5, 5.41) is 6.62. The summed E-state index contributed by atoms with van der Waals surface area (Å²) in [5.74, 6) is -0.0296. The second-order valence-corrected chi connectivity index (χ2v) is 7.71. The quantitative estimate of drug-likeness (QED) is 0.549. The van der Waals surface area contributed by atoms with E-state index in [1.165, 1.54) is 11.3 Å². The van der Waals surface area contributed by atoms with Gasteiger partial charge >= 0.3 is 0 Å². The molecule has 2 aromatic carbocycles. The van der Waals surface area contributed by atoms with Crippen LogP contribution in [0.4, 0.5) is 5.69 Å². The van der Waals surface area contributed by atoms with Gasteiger partial charge in [-0.2, -0.15) is 10.1 Å². The molecule has 146 valence electrons. The number of rotatable bonds is 3. The molecule has 1 aliphatic rings. The average molecular weight is 407 g/mol. The monoisotopic (exact) mass is 406 g/mol. The molecule has 0 radical (unpaired) electrons. The van der Waals surface area contributed by atoms with E-state index in [1.54, 1.807) is 43.3 Å². The van der Waals surface area contributed by atoms with Gasteiger partial charge in [-0.1, -0.05) is 37.6 Å². The van der Waals surface area contributed by atoms with E-state index in [0.29, 0.717) is 38.5 Å². The Morgan fingerprint density at radius 1 is 1.14 bits per heavy atom. The zero-order valence-corrected chi connectivity index (χ0v) is 17.0. The van der Waals surface area contributed by atoms with Crippen molar-refractivity contribution < 1.29 is 9.21 Å². The van der Waals surface area contributed by atoms with E-state index in [0.717, 1.165) is 5.56 Å². The number of halogens is 1. The van der Waals surface area contributed by atoms with Crippen LogP contribution in [0.1, 0.15) is 37.8 Å². The molecule has 1 aliphatic heterocycles. The first-order valence-corrected chi connectivity index (χ1v) is 9.65. The van der Waals surface area contributed by atoms with Crippen molar-refractivity contribution in [3.05, 3.63) is 80.7 Å². The first-order chi connectivity index (χ1) is 13.8. The molecule has 0 unspecified atom stereocenters. The number of hydrogen-bond donors (Lipinski definition) is 0. The minimum Gasteiger partial charge on any atom is -0.463 e. The SMILES string of the molecule is CC1=NN(c2cccc(Cl)c2)C(=O)/C1=C/c1coc2ccc(C(C)C)cc2c1=O. The van der Waals surface area contributed by atoms with Crippen molar-refractivity contribution in [3.8, 4) is 0 Å². The van der Waals surface area contributed by atoms with Crippen molar-refractivity contribution in [1.29, 1.82) is 0 Å². The lowest BCUT2D eigenvalue weighted by Gasteiger charge is -2.11. The summed E-state index contributed by atoms with van der Waals surface area (Å²) < 4.78 is 5.64. The van der Waals surface area contributed by atoms with Gasteiger partial charge in [-0.15, -0.1) is 0 Å². The summed E-state index contributed by atoms with van der Waals surface area (Å²) in [5.41, 5.74) is 3.13. The van der Waals surface area contributed by atoms with Gasteiger partial charge in [0.1, 0.15) is 11.8 Å². The van der Waals surface area contributed by atoms with Crippen molar-refractivity contribution in [2.45, 2.75) is 26.7 Å². The van der Waals surface area contributed by atoms with Crippen LogP contribution in [-0.4, -0.2) is 11.6 Å². The number of fused-ring (bicyclic) bond motifs is 1. The molecule has 0 saturated heterocycles. The first kappa shape index (κ1) is 19.2. The zero-order chi connectivity index (χ0) is 20.7. The van der Waals surface area contributed by atoms with Crippen LogP contribution in [0.25, 0.3) is 17.0 Å². The summed E-state index contributed by atoms with van der Waals surface area (Å²) in [6.07, 6.45) is 2.92. The molecule has 0 spiro atoms. The van der Waals surface area contributed by atoms with Crippen LogP contribution >= 0.6 is 11.6 Å². The third-order valence-corrected chi connectivity index (χ3v) is 5.14. The van der Waals surface area contributed by atoms with Gasteiger partial charge in [0, 0.05) is 5.02 Å². The van der Waals surface area contributed by atoms with Gasteiger partial charge in [-0.25, -0.2) is 0 Å². The van der Waals surface area contributed by atoms with Crippen molar-refractivity contribution in [3.63, 3.8) is 0 Å². The number of amides is 1. The van der Waals surface area contributed by atoms with Crippen molar-refractivity contribution in [2.24, 2.45) is 5.10 Å². The maximum Gasteiger partial charge on any atom is 0.280 e. The fraction of sp³-hybridized carbons (Fsp3) is 0.174. The molecule has 3 aromatic rings. The number of benzene rings is 2. The Morgan fingerprint density at radius 2 is 1.93 bits per heavy atom. The maximum atomic E-state index is 13.0. The Kier molecular flexibility index (Phi) is 4.84. The number of anilines is 1. The highest BCUT2D eigenvalue weighted by Gasteiger charge is 2.29. The van der Waals surface area contributed by atoms with Gasteiger partial charge in [0.15, 0.2) is 5.43 Å². The van der Waals surface area contributed by atoms with E-state index >= 15 is 0 Å². The third-order valence-electron chi connectivity index (χ3n) is 4.91. The molecule has 2 heterocycles. The van der Waals surface area contributed by atoms with Gasteiger partial charge in [0.2, 0.25) is 0 Å². The minimum atomic E-state index is -0.319. The predicted molar refractivity (Wildman–Crippen MR) is 117 cm³/mol. The van der Waals surface area contributed by atoms with Gasteiger partial charge in [-0.3, -0.25) is 9.59 Å². The molecular formula is C23H19ClN2O3. The highest BCUT2D eigenvalue weighted by molar-refractivity contribution is 6.33. The van der Waals surface area contributed by atoms with Crippen LogP contribution in [0.15, 0.2) is 68.6 Å². The number of carbonyl (C=O) groups is 1. The van der Waals surface area contributed by atoms with Crippen LogP contribution in [0.5, 0.6) is 0 Å². The standard InChI is InChI=1S/C23H19ClN2O3/c1-13(2)15-7-8-21-20(9-15)22(27)16(12-29-21)10-19-14(3)25-26(23(19)28)18-6-4-5-17(24)11-18/h4-13H,1-3H3/b19-10+. The Bertz CT molecular complexity index is 1250. The van der Waals surface area contributed by atoms with Crippen molar-refractivity contribution in [2.75, 3.05) is 5.01 Å². The highest BCUT2D eigenvalue weighted by atomic mass is 35.5. The van der Waals surface area contributed by atoms with Gasteiger partial charge < -0.3 is 4.42 Å². The molecule has 29 heavy (non-hydrogen) atoms. The molecule has 0 N–H and O–H groups in total. The number of hydrazone groups is 1. The Hall–Kier alpha value is -3.18. The predicted octanol–water partition coefficient (Wildman–Crippen LogP) is 5.38. The maximum absolute atomic E-state index is 13.0. The van der Waals surface area contributed by atoms with Crippen LogP contribution in [-0.2, 0) is 4.79 Å². The Morgan fingerprint density at radius 3 is 2.66 bits per heavy atom. The average Bonchev–Trinajstić information content (AvgIpc) is 2.98. The summed E-state index contributed by atoms with van der Waals surface area (Å²) in [6, 6.07) is 12.5. The van der Waals surface area contributed by atoms with Crippen LogP contribution in [0.2, 0.25) is 5.02 Å². The van der Waals surface area contributed by atoms with E-state index in [-0.39, 0.29) is 17.3 Å². The molecule has 0 fully saturated rings. The smallest absolute Gasteiger partial charge is 0.280 e. The van der Waals surface area contributed by atoms with E-state index in [4.69, 9.17) is 16.0 Å². The van der Waals surface area contributed by atoms with Crippen LogP contribution in [0, 0.1) is 0 Å². The number of carbonyl (C=O) groups excluding carboxylic acids is 1. The van der Waals surface area contributed by atoms with Gasteiger partial charge in [0.25, 0.3) is 5.91 Å². The number of nitrogens with zero attached hydrogens (tertiary/aromatic N) is 2. The molecule has 5 nitrogen and oxygen atoms in total. The van der Waals surface area contributed by atoms with E-state index in [9.17, 15) is 9.59 Å². The Labute approximate surface area is 172 Å². The summed E-state index contributed by atoms with van der Waals surface area (Å²) in [6.45, 7) is 5.86. The number of hydrogen-bond acceptors (Lipinski definition) is 4. The molecule has 0 atom stereocenters. The fourth-order valence-electron chi connectivity index (χ4n) is 3.25. The normalized spacial score (nSPS) is 15.6. The summed E-state index contributed by atoms with van der Waals surface area (Å²) in [4.78, 5) is 25.9. The summed E-state index contributed by atoms with van der Waals surface area (Å²) in [7, 11) is 0. The topological polar surface area (TPSA) is 62.9 Å². The summed E-state index contributed by atoms with van der Waals surface area (Å²) >= 11 is 6.03. The van der Waals surface area contributed by atoms with Gasteiger partial charge in [0.05, 0.1) is 27.9 Å². The molecule has 0 aliphatic carbocycles. The molecule has 0 saturated carbocycles. The lowest BCUT2D eigenvalue weighted by atomic mass is 10.0. The molecule has 6 heteroatoms. The van der Waals surface area contributed by atoms with E-state index < -0.39 is 0 Å². The fourth-order valence-corrected chi connectivity index (χ4v) is 3.43. The molecule has 1 aromatic heterocycles. The molecule has 4 rings (SSSR count). The van der Waals surface area contributed by atoms with Crippen molar-refractivity contribution >= 4 is 46.0 Å². The first-order valence-electron chi connectivity index (χ1n) is 9.28. The molecule has 1 amide bonds. The van der Waals surface area contributed by atoms with Crippen LogP contribution in [0.3, 0.4) is 0 Å². The van der Waals surface area contributed by atoms with Crippen molar-refractivity contribution in [1.82, 2.24) is 0 Å². The lowest BCUT2D eigenvalue weighted by Crippen LogP contribution is -2.21. The lowest BCUT2D eigenvalue weighted by molar-refractivity contribution is -0.114. The molecule has 0 bridgehead atoms. The Balaban J connectivity index is 1.77. The largest absolute Gasteiger partial charge is 0.463 e. The second-order valence-electron chi connectivity index (χ2n) is 7.27. The molecular weight excluding hydrogens is 388 g/mol. The van der Waals surface area contributed by atoms with E-state index in [1.807, 2.05) is 12.1 Å². The third kappa shape index (κ3) is 3.49.